The van der Waals surface area contributed by atoms with E-state index in [-0.39, 0.29) is 41.4 Å². The van der Waals surface area contributed by atoms with Crippen LogP contribution in [0.15, 0.2) is 23.0 Å². The molecule has 3 aliphatic carbocycles. The van der Waals surface area contributed by atoms with Crippen molar-refractivity contribution < 1.29 is 44.0 Å². The maximum absolute atomic E-state index is 15.1. The molecular formula is C28H33FN2O8. The van der Waals surface area contributed by atoms with Crippen LogP contribution in [0.3, 0.4) is 0 Å². The molecule has 1 fully saturated rings. The van der Waals surface area contributed by atoms with Crippen LogP contribution in [0.2, 0.25) is 0 Å². The molecule has 1 amide bonds. The number of carbonyl (C=O) groups excluding carboxylic acids is 4. The van der Waals surface area contributed by atoms with E-state index in [1.165, 1.54) is 19.0 Å². The van der Waals surface area contributed by atoms with E-state index in [0.29, 0.717) is 6.42 Å². The third-order valence-corrected chi connectivity index (χ3v) is 8.04. The number of phenolic OH excluding ortho intramolecular Hbond substituents is 1. The van der Waals surface area contributed by atoms with Crippen molar-refractivity contribution in [1.82, 2.24) is 4.90 Å². The van der Waals surface area contributed by atoms with Crippen molar-refractivity contribution >= 4 is 29.0 Å². The predicted octanol–water partition coefficient (Wildman–Crippen LogP) is 2.11. The average molecular weight is 545 g/mol. The number of ketones is 3. The Bertz CT molecular complexity index is 1390. The van der Waals surface area contributed by atoms with E-state index in [0.717, 1.165) is 6.07 Å². The van der Waals surface area contributed by atoms with Crippen LogP contribution in [0.1, 0.15) is 61.5 Å². The predicted molar refractivity (Wildman–Crippen MR) is 137 cm³/mol. The Morgan fingerprint density at radius 3 is 2.33 bits per heavy atom. The average Bonchev–Trinajstić information content (AvgIpc) is 2.79. The first-order valence-electron chi connectivity index (χ1n) is 12.7. The van der Waals surface area contributed by atoms with Crippen molar-refractivity contribution in [3.05, 3.63) is 45.5 Å². The van der Waals surface area contributed by atoms with Gasteiger partial charge in [0.2, 0.25) is 5.78 Å². The Hall–Kier alpha value is -3.57. The lowest BCUT2D eigenvalue weighted by atomic mass is 9.57. The summed E-state index contributed by atoms with van der Waals surface area (Å²) in [6.07, 6.45) is 0.168. The van der Waals surface area contributed by atoms with Crippen molar-refractivity contribution in [2.24, 2.45) is 23.0 Å². The van der Waals surface area contributed by atoms with E-state index in [1.807, 2.05) is 20.8 Å². The van der Waals surface area contributed by atoms with Gasteiger partial charge in [0.05, 0.1) is 17.2 Å². The van der Waals surface area contributed by atoms with Crippen molar-refractivity contribution in [2.75, 3.05) is 14.1 Å². The molecule has 4 atom stereocenters. The number of aliphatic hydroxyl groups excluding tert-OH is 2. The van der Waals surface area contributed by atoms with Gasteiger partial charge in [-0.1, -0.05) is 20.8 Å². The molecule has 0 saturated heterocycles. The highest BCUT2D eigenvalue weighted by atomic mass is 19.1. The van der Waals surface area contributed by atoms with Gasteiger partial charge in [-0.15, -0.1) is 0 Å². The largest absolute Gasteiger partial charge is 0.508 e. The molecule has 6 N–H and O–H groups in total. The number of primary amides is 1. The summed E-state index contributed by atoms with van der Waals surface area (Å²) in [7, 11) is 3.00. The van der Waals surface area contributed by atoms with Gasteiger partial charge in [0.15, 0.2) is 17.2 Å². The minimum absolute atomic E-state index is 0.0600. The van der Waals surface area contributed by atoms with Gasteiger partial charge in [-0.05, 0) is 56.3 Å². The van der Waals surface area contributed by atoms with E-state index in [2.05, 4.69) is 0 Å². The molecule has 3 aliphatic rings. The summed E-state index contributed by atoms with van der Waals surface area (Å²) in [5.41, 5.74) is 0.242. The van der Waals surface area contributed by atoms with Crippen molar-refractivity contribution in [2.45, 2.75) is 58.1 Å². The Labute approximate surface area is 224 Å². The zero-order valence-corrected chi connectivity index (χ0v) is 22.5. The summed E-state index contributed by atoms with van der Waals surface area (Å²) in [5.74, 6) is -9.85. The fourth-order valence-corrected chi connectivity index (χ4v) is 6.14. The molecule has 1 aromatic carbocycles. The smallest absolute Gasteiger partial charge is 0.255 e. The molecule has 11 heteroatoms. The number of nitrogens with zero attached hydrogens (tertiary/aromatic N) is 1. The van der Waals surface area contributed by atoms with Crippen LogP contribution >= 0.6 is 0 Å². The minimum Gasteiger partial charge on any atom is -0.508 e. The lowest BCUT2D eigenvalue weighted by Crippen LogP contribution is -2.65. The number of carbonyl (C=O) groups is 4. The highest BCUT2D eigenvalue weighted by molar-refractivity contribution is 6.24. The summed E-state index contributed by atoms with van der Waals surface area (Å²) in [5, 5.41) is 44.7. The zero-order valence-electron chi connectivity index (χ0n) is 22.5. The summed E-state index contributed by atoms with van der Waals surface area (Å²) in [6.45, 7) is 5.71. The SMILES string of the molecule is CN(C)[C@@H]1C(=O)C(C(N)=O)=C(O)[C@@]2(O)C(=O)C3=C(O)c4c(cc(F)c(C(=O)CCC(C)(C)C)c4O)C[C@H]3C[C@@H]12. The second-order valence-corrected chi connectivity index (χ2v) is 12.1. The van der Waals surface area contributed by atoms with Crippen LogP contribution in [0.5, 0.6) is 5.75 Å². The summed E-state index contributed by atoms with van der Waals surface area (Å²) >= 11 is 0. The Morgan fingerprint density at radius 1 is 1.18 bits per heavy atom. The minimum atomic E-state index is -2.77. The number of hydrogen-bond donors (Lipinski definition) is 5. The maximum Gasteiger partial charge on any atom is 0.255 e. The standard InChI is InChI=1S/C28H33FN2O8/c1-27(2,3)7-6-15(32)18-14(29)10-12-8-11-9-13-20(31(4)5)23(35)19(26(30)38)25(37)28(13,39)24(36)17(11)21(33)16(12)22(18)34/h10-11,13,20,33-34,37,39H,6-9H2,1-5H3,(H2,30,38)/t11-,13-,20-,28-/m0/s1. The van der Waals surface area contributed by atoms with Crippen LogP contribution < -0.4 is 5.73 Å². The van der Waals surface area contributed by atoms with Crippen LogP contribution in [0.25, 0.3) is 5.76 Å². The first-order valence-corrected chi connectivity index (χ1v) is 12.7. The molecule has 0 bridgehead atoms. The Balaban J connectivity index is 1.89. The number of benzene rings is 1. The molecule has 0 aromatic heterocycles. The molecule has 0 radical (unpaired) electrons. The van der Waals surface area contributed by atoms with Gasteiger partial charge in [0.25, 0.3) is 5.91 Å². The normalized spacial score (nSPS) is 26.9. The first-order chi connectivity index (χ1) is 17.9. The quantitative estimate of drug-likeness (QED) is 0.274. The monoisotopic (exact) mass is 544 g/mol. The number of hydrogen-bond acceptors (Lipinski definition) is 9. The number of aliphatic hydroxyl groups is 3. The molecule has 0 aliphatic heterocycles. The third-order valence-electron chi connectivity index (χ3n) is 8.04. The number of likely N-dealkylation sites (N-methyl/N-ethyl adjacent to an activating group) is 1. The van der Waals surface area contributed by atoms with Gasteiger partial charge >= 0.3 is 0 Å². The third kappa shape index (κ3) is 4.24. The molecule has 0 spiro atoms. The van der Waals surface area contributed by atoms with Crippen LogP contribution in [0, 0.1) is 23.1 Å². The van der Waals surface area contributed by atoms with E-state index < -0.39 is 81.0 Å². The highest BCUT2D eigenvalue weighted by Gasteiger charge is 2.64. The number of aromatic hydroxyl groups is 1. The number of halogens is 1. The highest BCUT2D eigenvalue weighted by Crippen LogP contribution is 2.53. The molecule has 0 heterocycles. The summed E-state index contributed by atoms with van der Waals surface area (Å²) in [6, 6.07) is -0.175. The van der Waals surface area contributed by atoms with Crippen molar-refractivity contribution in [1.29, 1.82) is 0 Å². The number of phenols is 1. The molecule has 4 rings (SSSR count). The fraction of sp³-hybridized carbons (Fsp3) is 0.500. The van der Waals surface area contributed by atoms with Gasteiger partial charge in [0, 0.05) is 17.9 Å². The topological polar surface area (TPSA) is 178 Å². The van der Waals surface area contributed by atoms with Crippen LogP contribution in [-0.2, 0) is 20.8 Å². The summed E-state index contributed by atoms with van der Waals surface area (Å²) < 4.78 is 15.1. The van der Waals surface area contributed by atoms with Crippen LogP contribution in [0.4, 0.5) is 4.39 Å². The van der Waals surface area contributed by atoms with Gasteiger partial charge in [-0.3, -0.25) is 24.1 Å². The lowest BCUT2D eigenvalue weighted by Gasteiger charge is -2.50. The van der Waals surface area contributed by atoms with Gasteiger partial charge in [0.1, 0.15) is 28.7 Å². The fourth-order valence-electron chi connectivity index (χ4n) is 6.14. The van der Waals surface area contributed by atoms with E-state index in [4.69, 9.17) is 5.73 Å². The molecule has 1 saturated carbocycles. The van der Waals surface area contributed by atoms with Gasteiger partial charge in [-0.2, -0.15) is 0 Å². The van der Waals surface area contributed by atoms with Gasteiger partial charge in [-0.25, -0.2) is 4.39 Å². The number of Topliss-reactive ketones (excluding diaryl/α,β-unsaturated/α-hetero) is 3. The van der Waals surface area contributed by atoms with E-state index >= 15 is 4.39 Å². The van der Waals surface area contributed by atoms with Crippen LogP contribution in [-0.4, -0.2) is 74.3 Å². The molecule has 1 aromatic rings. The number of amides is 1. The molecule has 0 unspecified atom stereocenters. The molecule has 39 heavy (non-hydrogen) atoms. The van der Waals surface area contributed by atoms with E-state index in [9.17, 15) is 39.6 Å². The van der Waals surface area contributed by atoms with Gasteiger partial charge < -0.3 is 26.2 Å². The second kappa shape index (κ2) is 9.27. The lowest BCUT2D eigenvalue weighted by molar-refractivity contribution is -0.153. The maximum atomic E-state index is 15.1. The van der Waals surface area contributed by atoms with Crippen molar-refractivity contribution in [3.63, 3.8) is 0 Å². The summed E-state index contributed by atoms with van der Waals surface area (Å²) in [4.78, 5) is 53.2. The Kier molecular flexibility index (Phi) is 6.76. The zero-order chi connectivity index (χ0) is 29.4. The Morgan fingerprint density at radius 2 is 1.79 bits per heavy atom. The molecular weight excluding hydrogens is 511 g/mol. The second-order valence-electron chi connectivity index (χ2n) is 12.1. The number of fused-ring (bicyclic) bond motifs is 3. The van der Waals surface area contributed by atoms with E-state index in [1.54, 1.807) is 0 Å². The number of nitrogens with two attached hydrogens (primary N) is 1. The first kappa shape index (κ1) is 28.4. The van der Waals surface area contributed by atoms with Crippen molar-refractivity contribution in [3.8, 4) is 5.75 Å². The molecule has 10 nitrogen and oxygen atoms in total. The number of rotatable bonds is 5. The molecule has 210 valence electrons.